The van der Waals surface area contributed by atoms with Crippen molar-refractivity contribution in [3.05, 3.63) is 42.0 Å². The number of hydrogen-bond donors (Lipinski definition) is 2. The molecule has 0 atom stereocenters. The monoisotopic (exact) mass is 413 g/mol. The number of anilines is 3. The van der Waals surface area contributed by atoms with Crippen molar-refractivity contribution < 1.29 is 14.3 Å². The molecule has 7 heteroatoms. The van der Waals surface area contributed by atoms with E-state index in [1.807, 2.05) is 30.3 Å². The van der Waals surface area contributed by atoms with Crippen LogP contribution < -0.4 is 10.6 Å². The summed E-state index contributed by atoms with van der Waals surface area (Å²) >= 11 is 1.62. The second-order valence-electron chi connectivity index (χ2n) is 6.63. The van der Waals surface area contributed by atoms with Gasteiger partial charge in [0.15, 0.2) is 5.78 Å². The Bertz CT molecular complexity index is 897. The van der Waals surface area contributed by atoms with Gasteiger partial charge in [-0.05, 0) is 44.3 Å². The van der Waals surface area contributed by atoms with E-state index >= 15 is 0 Å². The van der Waals surface area contributed by atoms with Crippen LogP contribution in [0.25, 0.3) is 0 Å². The fourth-order valence-electron chi connectivity index (χ4n) is 3.30. The van der Waals surface area contributed by atoms with Gasteiger partial charge in [-0.15, -0.1) is 0 Å². The zero-order valence-electron chi connectivity index (χ0n) is 17.1. The molecule has 3 rings (SSSR count). The lowest BCUT2D eigenvalue weighted by Crippen LogP contribution is -2.26. The molecular weight excluding hydrogens is 386 g/mol. The number of rotatable bonds is 8. The summed E-state index contributed by atoms with van der Waals surface area (Å²) in [5, 5.41) is 6.14. The molecule has 2 N–H and O–H groups in total. The lowest BCUT2D eigenvalue weighted by molar-refractivity contribution is 0.0968. The van der Waals surface area contributed by atoms with Crippen molar-refractivity contribution in [3.8, 4) is 0 Å². The summed E-state index contributed by atoms with van der Waals surface area (Å²) in [7, 11) is 0. The van der Waals surface area contributed by atoms with Gasteiger partial charge in [-0.3, -0.25) is 10.1 Å². The molecule has 0 unspecified atom stereocenters. The molecule has 0 saturated carbocycles. The van der Waals surface area contributed by atoms with E-state index in [4.69, 9.17) is 4.74 Å². The number of nitrogens with zero attached hydrogens (tertiary/aromatic N) is 1. The maximum Gasteiger partial charge on any atom is 0.411 e. The molecule has 0 bridgehead atoms. The topological polar surface area (TPSA) is 70.7 Å². The molecule has 0 saturated heterocycles. The number of para-hydroxylation sites is 1. The van der Waals surface area contributed by atoms with Crippen molar-refractivity contribution in [2.75, 3.05) is 36.9 Å². The van der Waals surface area contributed by atoms with Crippen LogP contribution >= 0.6 is 11.8 Å². The smallest absolute Gasteiger partial charge is 0.411 e. The molecule has 6 nitrogen and oxygen atoms in total. The average Bonchev–Trinajstić information content (AvgIpc) is 2.73. The highest BCUT2D eigenvalue weighted by Gasteiger charge is 2.25. The molecule has 1 amide bonds. The second-order valence-corrected chi connectivity index (χ2v) is 7.71. The van der Waals surface area contributed by atoms with Crippen LogP contribution in [0.15, 0.2) is 46.2 Å². The largest absolute Gasteiger partial charge is 0.450 e. The van der Waals surface area contributed by atoms with Gasteiger partial charge in [-0.1, -0.05) is 37.7 Å². The van der Waals surface area contributed by atoms with Crippen molar-refractivity contribution in [1.82, 2.24) is 4.90 Å². The zero-order valence-corrected chi connectivity index (χ0v) is 17.9. The summed E-state index contributed by atoms with van der Waals surface area (Å²) < 4.78 is 5.02. The SMILES string of the molecule is CCOC(=O)Nc1ccc2c(c1C(=O)CCN(CC)CC)Nc1ccccc1S2. The van der Waals surface area contributed by atoms with Crippen molar-refractivity contribution in [1.29, 1.82) is 0 Å². The van der Waals surface area contributed by atoms with Gasteiger partial charge in [0.1, 0.15) is 0 Å². The van der Waals surface area contributed by atoms with E-state index in [9.17, 15) is 9.59 Å². The standard InChI is InChI=1S/C22H27N3O3S/c1-4-25(5-2)14-13-17(26)20-16(24-22(27)28-6-3)11-12-19-21(20)23-15-9-7-8-10-18(15)29-19/h7-12,23H,4-6,13-14H2,1-3H3,(H,24,27). The van der Waals surface area contributed by atoms with E-state index in [0.29, 0.717) is 24.2 Å². The molecule has 0 spiro atoms. The first kappa shape index (κ1) is 21.2. The van der Waals surface area contributed by atoms with E-state index in [0.717, 1.165) is 34.3 Å². The predicted octanol–water partition coefficient (Wildman–Crippen LogP) is 5.38. The van der Waals surface area contributed by atoms with E-state index < -0.39 is 6.09 Å². The van der Waals surface area contributed by atoms with E-state index in [1.54, 1.807) is 24.8 Å². The number of ether oxygens (including phenoxy) is 1. The fourth-order valence-corrected chi connectivity index (χ4v) is 4.30. The first-order chi connectivity index (χ1) is 14.1. The Hall–Kier alpha value is -2.51. The molecule has 1 heterocycles. The molecule has 2 aromatic carbocycles. The lowest BCUT2D eigenvalue weighted by atomic mass is 10.0. The predicted molar refractivity (Wildman–Crippen MR) is 118 cm³/mol. The molecule has 29 heavy (non-hydrogen) atoms. The van der Waals surface area contributed by atoms with Gasteiger partial charge in [0, 0.05) is 22.8 Å². The summed E-state index contributed by atoms with van der Waals surface area (Å²) in [5.41, 5.74) is 2.67. The molecule has 1 aliphatic rings. The van der Waals surface area contributed by atoms with Crippen molar-refractivity contribution >= 4 is 40.7 Å². The number of fused-ring (bicyclic) bond motifs is 2. The highest BCUT2D eigenvalue weighted by molar-refractivity contribution is 7.99. The van der Waals surface area contributed by atoms with E-state index in [1.165, 1.54) is 0 Å². The third-order valence-electron chi connectivity index (χ3n) is 4.87. The highest BCUT2D eigenvalue weighted by atomic mass is 32.2. The molecule has 0 aromatic heterocycles. The quantitative estimate of drug-likeness (QED) is 0.483. The molecule has 0 aliphatic carbocycles. The minimum Gasteiger partial charge on any atom is -0.450 e. The van der Waals surface area contributed by atoms with Crippen LogP contribution in [0.5, 0.6) is 0 Å². The van der Waals surface area contributed by atoms with Crippen LogP contribution in [0.2, 0.25) is 0 Å². The van der Waals surface area contributed by atoms with Gasteiger partial charge in [-0.25, -0.2) is 4.79 Å². The molecule has 0 fully saturated rings. The average molecular weight is 414 g/mol. The summed E-state index contributed by atoms with van der Waals surface area (Å²) in [4.78, 5) is 29.6. The summed E-state index contributed by atoms with van der Waals surface area (Å²) in [6, 6.07) is 11.7. The van der Waals surface area contributed by atoms with Crippen LogP contribution in [0.3, 0.4) is 0 Å². The summed E-state index contributed by atoms with van der Waals surface area (Å²) in [6.07, 6.45) is -0.182. The number of carbonyl (C=O) groups excluding carboxylic acids is 2. The van der Waals surface area contributed by atoms with E-state index in [-0.39, 0.29) is 12.4 Å². The van der Waals surface area contributed by atoms with Crippen LogP contribution in [-0.2, 0) is 4.74 Å². The minimum atomic E-state index is -0.561. The highest BCUT2D eigenvalue weighted by Crippen LogP contribution is 2.47. The Morgan fingerprint density at radius 2 is 1.83 bits per heavy atom. The van der Waals surface area contributed by atoms with Crippen LogP contribution in [0, 0.1) is 0 Å². The van der Waals surface area contributed by atoms with Gasteiger partial charge >= 0.3 is 6.09 Å². The third-order valence-corrected chi connectivity index (χ3v) is 6.01. The van der Waals surface area contributed by atoms with Crippen LogP contribution in [0.4, 0.5) is 21.9 Å². The number of benzene rings is 2. The number of ketones is 1. The Morgan fingerprint density at radius 1 is 1.07 bits per heavy atom. The van der Waals surface area contributed by atoms with Gasteiger partial charge < -0.3 is 15.0 Å². The molecule has 0 radical (unpaired) electrons. The number of carbonyl (C=O) groups is 2. The summed E-state index contributed by atoms with van der Waals surface area (Å²) in [5.74, 6) is -0.00645. The van der Waals surface area contributed by atoms with Gasteiger partial charge in [-0.2, -0.15) is 0 Å². The van der Waals surface area contributed by atoms with Gasteiger partial charge in [0.2, 0.25) is 0 Å². The maximum atomic E-state index is 13.3. The van der Waals surface area contributed by atoms with Crippen LogP contribution in [-0.4, -0.2) is 43.0 Å². The Kier molecular flexibility index (Phi) is 7.17. The fraction of sp³-hybridized carbons (Fsp3) is 0.364. The molecular formula is C22H27N3O3S. The minimum absolute atomic E-state index is 0.00645. The third kappa shape index (κ3) is 4.92. The van der Waals surface area contributed by atoms with Crippen molar-refractivity contribution in [2.24, 2.45) is 0 Å². The molecule has 1 aliphatic heterocycles. The van der Waals surface area contributed by atoms with Gasteiger partial charge in [0.25, 0.3) is 0 Å². The lowest BCUT2D eigenvalue weighted by Gasteiger charge is -2.25. The number of Topliss-reactive ketones (excluding diaryl/α,β-unsaturated/α-hetero) is 1. The summed E-state index contributed by atoms with van der Waals surface area (Å²) in [6.45, 7) is 8.65. The Morgan fingerprint density at radius 3 is 2.55 bits per heavy atom. The first-order valence-corrected chi connectivity index (χ1v) is 10.8. The second kappa shape index (κ2) is 9.80. The van der Waals surface area contributed by atoms with E-state index in [2.05, 4.69) is 29.4 Å². The van der Waals surface area contributed by atoms with Gasteiger partial charge in [0.05, 0.1) is 29.2 Å². The van der Waals surface area contributed by atoms with Crippen molar-refractivity contribution in [2.45, 2.75) is 37.0 Å². The van der Waals surface area contributed by atoms with Crippen molar-refractivity contribution in [3.63, 3.8) is 0 Å². The molecule has 2 aromatic rings. The number of nitrogens with one attached hydrogen (secondary N) is 2. The number of amides is 1. The van der Waals surface area contributed by atoms with Crippen LogP contribution in [0.1, 0.15) is 37.6 Å². The zero-order chi connectivity index (χ0) is 20.8. The molecule has 154 valence electrons. The normalized spacial score (nSPS) is 12.0. The Balaban J connectivity index is 1.96. The maximum absolute atomic E-state index is 13.3. The number of hydrogen-bond acceptors (Lipinski definition) is 6. The Labute approximate surface area is 176 Å². The first-order valence-electron chi connectivity index (χ1n) is 9.97.